The highest BCUT2D eigenvalue weighted by Crippen LogP contribution is 2.32. The second-order valence-electron chi connectivity index (χ2n) is 9.20. The monoisotopic (exact) mass is 449 g/mol. The van der Waals surface area contributed by atoms with E-state index in [1.807, 2.05) is 60.5 Å². The van der Waals surface area contributed by atoms with Crippen molar-refractivity contribution in [2.75, 3.05) is 20.2 Å². The molecule has 174 valence electrons. The second-order valence-corrected chi connectivity index (χ2v) is 9.20. The van der Waals surface area contributed by atoms with Crippen LogP contribution in [0, 0.1) is 5.92 Å². The number of fused-ring (bicyclic) bond motifs is 1. The lowest BCUT2D eigenvalue weighted by molar-refractivity contribution is 0.0453. The number of hydrogen-bond acceptors (Lipinski definition) is 6. The van der Waals surface area contributed by atoms with E-state index in [0.717, 1.165) is 55.4 Å². The molecule has 0 bridgehead atoms. The molecule has 7 nitrogen and oxygen atoms in total. The molecule has 2 heterocycles. The molecule has 7 heteroatoms. The maximum Gasteiger partial charge on any atom is 0.253 e. The summed E-state index contributed by atoms with van der Waals surface area (Å²) in [5.41, 5.74) is 3.04. The molecule has 1 unspecified atom stereocenters. The lowest BCUT2D eigenvalue weighted by atomic mass is 10.0. The van der Waals surface area contributed by atoms with Crippen LogP contribution in [0.2, 0.25) is 0 Å². The van der Waals surface area contributed by atoms with Gasteiger partial charge >= 0.3 is 0 Å². The fraction of sp³-hybridized carbons (Fsp3) is 0.462. The Labute approximate surface area is 193 Å². The zero-order valence-corrected chi connectivity index (χ0v) is 18.9. The van der Waals surface area contributed by atoms with E-state index < -0.39 is 6.23 Å². The van der Waals surface area contributed by atoms with Gasteiger partial charge in [0.15, 0.2) is 5.58 Å². The molecule has 33 heavy (non-hydrogen) atoms. The molecular formula is C26H31N3O4. The number of aliphatic hydroxyl groups excluding tert-OH is 1. The van der Waals surface area contributed by atoms with Crippen LogP contribution in [0.1, 0.15) is 42.5 Å². The molecule has 1 aliphatic heterocycles. The summed E-state index contributed by atoms with van der Waals surface area (Å²) in [4.78, 5) is 19.4. The van der Waals surface area contributed by atoms with E-state index in [-0.39, 0.29) is 24.0 Å². The average molecular weight is 450 g/mol. The van der Waals surface area contributed by atoms with Gasteiger partial charge in [0.2, 0.25) is 5.89 Å². The molecule has 4 atom stereocenters. The number of nitrogens with one attached hydrogen (secondary N) is 1. The van der Waals surface area contributed by atoms with Crippen LogP contribution < -0.4 is 5.32 Å². The Morgan fingerprint density at radius 1 is 1.18 bits per heavy atom. The van der Waals surface area contributed by atoms with Gasteiger partial charge in [-0.05, 0) is 68.5 Å². The van der Waals surface area contributed by atoms with Crippen LogP contribution in [0.3, 0.4) is 0 Å². The minimum atomic E-state index is -0.557. The number of benzene rings is 2. The molecule has 1 aromatic heterocycles. The highest BCUT2D eigenvalue weighted by atomic mass is 16.5. The van der Waals surface area contributed by atoms with Crippen LogP contribution in [0.4, 0.5) is 0 Å². The summed E-state index contributed by atoms with van der Waals surface area (Å²) in [6.45, 7) is 1.50. The van der Waals surface area contributed by atoms with Gasteiger partial charge in [0, 0.05) is 43.3 Å². The molecule has 2 N–H and O–H groups in total. The summed E-state index contributed by atoms with van der Waals surface area (Å²) in [5.74, 6) is 0.687. The van der Waals surface area contributed by atoms with Crippen LogP contribution in [0.25, 0.3) is 22.6 Å². The molecule has 3 aromatic rings. The van der Waals surface area contributed by atoms with E-state index in [9.17, 15) is 9.90 Å². The summed E-state index contributed by atoms with van der Waals surface area (Å²) in [7, 11) is 1.86. The first-order valence-electron chi connectivity index (χ1n) is 11.8. The third kappa shape index (κ3) is 4.81. The number of aromatic nitrogens is 1. The van der Waals surface area contributed by atoms with E-state index in [4.69, 9.17) is 9.15 Å². The van der Waals surface area contributed by atoms with Crippen LogP contribution in [0.15, 0.2) is 52.9 Å². The minimum absolute atomic E-state index is 0.00781. The van der Waals surface area contributed by atoms with Crippen LogP contribution in [-0.2, 0) is 4.74 Å². The smallest absolute Gasteiger partial charge is 0.253 e. The second kappa shape index (κ2) is 9.63. The van der Waals surface area contributed by atoms with Crippen LogP contribution in [0.5, 0.6) is 0 Å². The minimum Gasteiger partial charge on any atom is -0.436 e. The van der Waals surface area contributed by atoms with Crippen molar-refractivity contribution in [3.05, 3.63) is 54.1 Å². The summed E-state index contributed by atoms with van der Waals surface area (Å²) < 4.78 is 11.4. The number of hydrogen-bond donors (Lipinski definition) is 2. The largest absolute Gasteiger partial charge is 0.436 e. The first kappa shape index (κ1) is 22.1. The average Bonchev–Trinajstić information content (AvgIpc) is 3.62. The quantitative estimate of drug-likeness (QED) is 0.533. The Kier molecular flexibility index (Phi) is 6.44. The maximum atomic E-state index is 13.1. The van der Waals surface area contributed by atoms with Crippen molar-refractivity contribution in [3.63, 3.8) is 0 Å². The molecule has 0 spiro atoms. The number of aliphatic hydroxyl groups is 1. The maximum absolute atomic E-state index is 13.1. The van der Waals surface area contributed by atoms with Gasteiger partial charge in [-0.15, -0.1) is 0 Å². The SMILES string of the molecule is CN(C(=O)c1ccc(-c2nc3ccccc3o2)cc1)[C@@H]1CC[C@H](C(O)NC[C@H]2CCCO2)C1. The molecule has 2 aromatic carbocycles. The molecule has 2 aliphatic rings. The third-order valence-corrected chi connectivity index (χ3v) is 7.01. The summed E-state index contributed by atoms with van der Waals surface area (Å²) >= 11 is 0. The van der Waals surface area contributed by atoms with Crippen molar-refractivity contribution in [1.82, 2.24) is 15.2 Å². The summed E-state index contributed by atoms with van der Waals surface area (Å²) in [6, 6.07) is 15.2. The number of carbonyl (C=O) groups excluding carboxylic acids is 1. The highest BCUT2D eigenvalue weighted by molar-refractivity contribution is 5.94. The van der Waals surface area contributed by atoms with Gasteiger partial charge in [0.25, 0.3) is 5.91 Å². The van der Waals surface area contributed by atoms with Gasteiger partial charge in [-0.3, -0.25) is 10.1 Å². The fourth-order valence-corrected chi connectivity index (χ4v) is 4.97. The Bertz CT molecular complexity index is 1060. The van der Waals surface area contributed by atoms with Gasteiger partial charge in [-0.25, -0.2) is 4.98 Å². The van der Waals surface area contributed by atoms with Gasteiger partial charge in [-0.1, -0.05) is 12.1 Å². The molecule has 1 saturated heterocycles. The van der Waals surface area contributed by atoms with E-state index in [1.165, 1.54) is 0 Å². The van der Waals surface area contributed by atoms with Crippen LogP contribution >= 0.6 is 0 Å². The van der Waals surface area contributed by atoms with Gasteiger partial charge in [0.1, 0.15) is 11.7 Å². The number of nitrogens with zero attached hydrogens (tertiary/aromatic N) is 2. The van der Waals surface area contributed by atoms with Crippen LogP contribution in [-0.4, -0.2) is 59.5 Å². The van der Waals surface area contributed by atoms with Crippen molar-refractivity contribution < 1.29 is 19.1 Å². The van der Waals surface area contributed by atoms with Crippen molar-refractivity contribution in [1.29, 1.82) is 0 Å². The Balaban J connectivity index is 1.18. The highest BCUT2D eigenvalue weighted by Gasteiger charge is 2.34. The summed E-state index contributed by atoms with van der Waals surface area (Å²) in [5, 5.41) is 13.8. The van der Waals surface area contributed by atoms with Gasteiger partial charge in [-0.2, -0.15) is 0 Å². The predicted octanol–water partition coefficient (Wildman–Crippen LogP) is 3.82. The lowest BCUT2D eigenvalue weighted by Crippen LogP contribution is -2.41. The number of oxazole rings is 1. The Morgan fingerprint density at radius 3 is 2.76 bits per heavy atom. The fourth-order valence-electron chi connectivity index (χ4n) is 4.97. The van der Waals surface area contributed by atoms with E-state index in [1.54, 1.807) is 0 Å². The van der Waals surface area contributed by atoms with Crippen molar-refractivity contribution in [2.45, 2.75) is 50.5 Å². The topological polar surface area (TPSA) is 87.8 Å². The zero-order valence-electron chi connectivity index (χ0n) is 18.9. The van der Waals surface area contributed by atoms with Gasteiger partial charge in [0.05, 0.1) is 6.10 Å². The molecule has 5 rings (SSSR count). The molecule has 1 saturated carbocycles. The number of ether oxygens (including phenoxy) is 1. The third-order valence-electron chi connectivity index (χ3n) is 7.01. The lowest BCUT2D eigenvalue weighted by Gasteiger charge is -2.26. The number of rotatable bonds is 7. The number of para-hydroxylation sites is 2. The molecular weight excluding hydrogens is 418 g/mol. The van der Waals surface area contributed by atoms with Crippen molar-refractivity contribution in [2.24, 2.45) is 5.92 Å². The Hall–Kier alpha value is -2.74. The Morgan fingerprint density at radius 2 is 2.00 bits per heavy atom. The first-order valence-corrected chi connectivity index (χ1v) is 11.8. The van der Waals surface area contributed by atoms with Gasteiger partial charge < -0.3 is 19.2 Å². The van der Waals surface area contributed by atoms with Crippen molar-refractivity contribution in [3.8, 4) is 11.5 Å². The van der Waals surface area contributed by atoms with E-state index in [0.29, 0.717) is 18.0 Å². The van der Waals surface area contributed by atoms with Crippen molar-refractivity contribution >= 4 is 17.0 Å². The molecule has 1 amide bonds. The molecule has 2 fully saturated rings. The van der Waals surface area contributed by atoms with E-state index >= 15 is 0 Å². The zero-order chi connectivity index (χ0) is 22.8. The standard InChI is InChI=1S/C26H31N3O4/c1-29(20-13-12-19(15-20)24(30)27-16-21-5-4-14-32-21)26(31)18-10-8-17(9-11-18)25-28-22-6-2-3-7-23(22)33-25/h2-3,6-11,19-21,24,27,30H,4-5,12-16H2,1H3/t19-,20+,21+,24?/m0/s1. The molecule has 1 aliphatic carbocycles. The summed E-state index contributed by atoms with van der Waals surface area (Å²) in [6.07, 6.45) is 4.39. The molecule has 0 radical (unpaired) electrons. The number of amides is 1. The normalized spacial score (nSPS) is 23.8. The van der Waals surface area contributed by atoms with E-state index in [2.05, 4.69) is 10.3 Å². The predicted molar refractivity (Wildman–Crippen MR) is 126 cm³/mol. The number of carbonyl (C=O) groups is 1. The first-order chi connectivity index (χ1) is 16.1.